The molecule has 0 bridgehead atoms. The monoisotopic (exact) mass is 429 g/mol. The van der Waals surface area contributed by atoms with Crippen LogP contribution in [0.5, 0.6) is 0 Å². The zero-order chi connectivity index (χ0) is 15.4. The van der Waals surface area contributed by atoms with Crippen LogP contribution in [0.3, 0.4) is 0 Å². The molecule has 1 aliphatic heterocycles. The number of ether oxygens (including phenoxy) is 1. The topological polar surface area (TPSA) is 68.7 Å². The number of nitrogens with two attached hydrogens (primary N) is 1. The van der Waals surface area contributed by atoms with Gasteiger partial charge in [-0.15, -0.1) is 24.0 Å². The molecule has 0 atom stereocenters. The number of halogens is 1. The highest BCUT2D eigenvalue weighted by Crippen LogP contribution is 2.15. The quantitative estimate of drug-likeness (QED) is 0.350. The number of imidazole rings is 1. The fraction of sp³-hybridized carbons (Fsp3) is 0.500. The third-order valence-corrected chi connectivity index (χ3v) is 3.99. The Kier molecular flexibility index (Phi) is 6.64. The Balaban J connectivity index is 0.00000192. The van der Waals surface area contributed by atoms with Gasteiger partial charge >= 0.3 is 0 Å². The summed E-state index contributed by atoms with van der Waals surface area (Å²) in [6, 6.07) is 8.23. The predicted octanol–water partition coefficient (Wildman–Crippen LogP) is 2.00. The largest absolute Gasteiger partial charge is 0.378 e. The number of nitrogens with zero attached hydrogens (tertiary/aromatic N) is 4. The van der Waals surface area contributed by atoms with Crippen LogP contribution < -0.4 is 5.73 Å². The first-order chi connectivity index (χ1) is 10.8. The molecule has 6 nitrogen and oxygen atoms in total. The lowest BCUT2D eigenvalue weighted by Gasteiger charge is -2.27. The zero-order valence-corrected chi connectivity index (χ0v) is 15.8. The molecule has 126 valence electrons. The second-order valence-corrected chi connectivity index (χ2v) is 5.49. The number of rotatable bonds is 4. The maximum Gasteiger partial charge on any atom is 0.191 e. The lowest BCUT2D eigenvalue weighted by molar-refractivity contribution is 0.0674. The summed E-state index contributed by atoms with van der Waals surface area (Å²) in [7, 11) is 0. The van der Waals surface area contributed by atoms with Crippen LogP contribution in [0.25, 0.3) is 11.0 Å². The Labute approximate surface area is 153 Å². The lowest BCUT2D eigenvalue weighted by atomic mass is 10.3. The van der Waals surface area contributed by atoms with E-state index in [9.17, 15) is 0 Å². The van der Waals surface area contributed by atoms with Gasteiger partial charge in [0, 0.05) is 26.2 Å². The van der Waals surface area contributed by atoms with Crippen LogP contribution in [0.1, 0.15) is 12.2 Å². The van der Waals surface area contributed by atoms with Gasteiger partial charge in [0.1, 0.15) is 5.82 Å². The first kappa shape index (κ1) is 18.0. The van der Waals surface area contributed by atoms with Crippen LogP contribution in [-0.4, -0.2) is 53.3 Å². The first-order valence-corrected chi connectivity index (χ1v) is 7.80. The Morgan fingerprint density at radius 1 is 1.30 bits per heavy atom. The number of benzene rings is 1. The molecule has 1 saturated heterocycles. The number of aryl methyl sites for hydroxylation is 2. The van der Waals surface area contributed by atoms with Crippen LogP contribution in [0.15, 0.2) is 29.3 Å². The van der Waals surface area contributed by atoms with Crippen molar-refractivity contribution in [1.82, 2.24) is 14.5 Å². The minimum Gasteiger partial charge on any atom is -0.378 e. The van der Waals surface area contributed by atoms with Crippen molar-refractivity contribution in [2.45, 2.75) is 19.9 Å². The highest BCUT2D eigenvalue weighted by molar-refractivity contribution is 14.0. The number of fused-ring (bicyclic) bond motifs is 1. The van der Waals surface area contributed by atoms with E-state index < -0.39 is 0 Å². The molecule has 2 heterocycles. The van der Waals surface area contributed by atoms with Crippen molar-refractivity contribution in [2.75, 3.05) is 32.8 Å². The highest BCUT2D eigenvalue weighted by Gasteiger charge is 2.11. The lowest BCUT2D eigenvalue weighted by Crippen LogP contribution is -2.44. The van der Waals surface area contributed by atoms with Gasteiger partial charge in [-0.1, -0.05) is 12.1 Å². The SMILES string of the molecule is Cc1nc2ccccc2n1CCCN=C(N)N1CCOCC1.I. The Morgan fingerprint density at radius 2 is 2.04 bits per heavy atom. The minimum atomic E-state index is 0. The van der Waals surface area contributed by atoms with Gasteiger partial charge in [0.05, 0.1) is 24.2 Å². The van der Waals surface area contributed by atoms with E-state index in [0.717, 1.165) is 57.2 Å². The smallest absolute Gasteiger partial charge is 0.191 e. The van der Waals surface area contributed by atoms with Crippen molar-refractivity contribution in [3.8, 4) is 0 Å². The molecule has 2 aromatic rings. The molecule has 0 saturated carbocycles. The van der Waals surface area contributed by atoms with Gasteiger partial charge in [-0.3, -0.25) is 4.99 Å². The van der Waals surface area contributed by atoms with Gasteiger partial charge < -0.3 is 19.9 Å². The van der Waals surface area contributed by atoms with Crippen molar-refractivity contribution in [3.63, 3.8) is 0 Å². The number of guanidine groups is 1. The van der Waals surface area contributed by atoms with Crippen LogP contribution in [-0.2, 0) is 11.3 Å². The standard InChI is InChI=1S/C16H23N5O.HI/c1-13-19-14-5-2-3-6-15(14)21(13)8-4-7-18-16(17)20-9-11-22-12-10-20;/h2-3,5-6H,4,7-12H2,1H3,(H2,17,18);1H. The van der Waals surface area contributed by atoms with E-state index in [2.05, 4.69) is 31.6 Å². The van der Waals surface area contributed by atoms with E-state index in [1.54, 1.807) is 0 Å². The minimum absolute atomic E-state index is 0. The van der Waals surface area contributed by atoms with Crippen molar-refractivity contribution in [1.29, 1.82) is 0 Å². The number of hydrogen-bond acceptors (Lipinski definition) is 3. The Morgan fingerprint density at radius 3 is 2.83 bits per heavy atom. The number of hydrogen-bond donors (Lipinski definition) is 1. The summed E-state index contributed by atoms with van der Waals surface area (Å²) in [4.78, 5) is 11.2. The molecule has 1 fully saturated rings. The molecular weight excluding hydrogens is 405 g/mol. The van der Waals surface area contributed by atoms with E-state index in [0.29, 0.717) is 5.96 Å². The second-order valence-electron chi connectivity index (χ2n) is 5.49. The maximum absolute atomic E-state index is 6.03. The average Bonchev–Trinajstić information content (AvgIpc) is 2.88. The van der Waals surface area contributed by atoms with Crippen molar-refractivity contribution >= 4 is 41.0 Å². The third-order valence-electron chi connectivity index (χ3n) is 3.99. The van der Waals surface area contributed by atoms with Gasteiger partial charge in [0.25, 0.3) is 0 Å². The Hall–Kier alpha value is -1.35. The summed E-state index contributed by atoms with van der Waals surface area (Å²) in [5.41, 5.74) is 8.27. The van der Waals surface area contributed by atoms with Crippen molar-refractivity contribution < 1.29 is 4.74 Å². The van der Waals surface area contributed by atoms with Gasteiger partial charge in [0.15, 0.2) is 5.96 Å². The Bertz CT molecular complexity index is 664. The third kappa shape index (κ3) is 4.35. The van der Waals surface area contributed by atoms with Crippen LogP contribution in [0.4, 0.5) is 0 Å². The number of para-hydroxylation sites is 2. The second kappa shape index (κ2) is 8.49. The maximum atomic E-state index is 6.03. The molecule has 0 spiro atoms. The van der Waals surface area contributed by atoms with Crippen molar-refractivity contribution in [3.05, 3.63) is 30.1 Å². The molecule has 0 radical (unpaired) electrons. The summed E-state index contributed by atoms with van der Waals surface area (Å²) in [5, 5.41) is 0. The highest BCUT2D eigenvalue weighted by atomic mass is 127. The summed E-state index contributed by atoms with van der Waals surface area (Å²) in [6.07, 6.45) is 0.951. The molecule has 1 aromatic heterocycles. The van der Waals surface area contributed by atoms with Gasteiger partial charge in [0.2, 0.25) is 0 Å². The van der Waals surface area contributed by atoms with Gasteiger partial charge in [-0.25, -0.2) is 4.98 Å². The molecule has 7 heteroatoms. The van der Waals surface area contributed by atoms with E-state index >= 15 is 0 Å². The van der Waals surface area contributed by atoms with Gasteiger partial charge in [-0.2, -0.15) is 0 Å². The fourth-order valence-electron chi connectivity index (χ4n) is 2.79. The molecular formula is C16H24IN5O. The fourth-order valence-corrected chi connectivity index (χ4v) is 2.79. The van der Waals surface area contributed by atoms with E-state index in [1.165, 1.54) is 5.52 Å². The molecule has 0 unspecified atom stereocenters. The number of aromatic nitrogens is 2. The summed E-state index contributed by atoms with van der Waals surface area (Å²) in [5.74, 6) is 1.68. The van der Waals surface area contributed by atoms with E-state index in [1.807, 2.05) is 19.1 Å². The number of aliphatic imine (C=N–C) groups is 1. The van der Waals surface area contributed by atoms with E-state index in [4.69, 9.17) is 10.5 Å². The van der Waals surface area contributed by atoms with Crippen molar-refractivity contribution in [2.24, 2.45) is 10.7 Å². The molecule has 1 aromatic carbocycles. The van der Waals surface area contributed by atoms with Crippen LogP contribution >= 0.6 is 24.0 Å². The van der Waals surface area contributed by atoms with E-state index in [-0.39, 0.29) is 24.0 Å². The molecule has 23 heavy (non-hydrogen) atoms. The van der Waals surface area contributed by atoms with Crippen LogP contribution in [0, 0.1) is 6.92 Å². The average molecular weight is 429 g/mol. The summed E-state index contributed by atoms with van der Waals surface area (Å²) < 4.78 is 7.56. The summed E-state index contributed by atoms with van der Waals surface area (Å²) in [6.45, 7) is 6.82. The normalized spacial score (nSPS) is 15.7. The molecule has 2 N–H and O–H groups in total. The van der Waals surface area contributed by atoms with Gasteiger partial charge in [-0.05, 0) is 25.5 Å². The molecule has 0 aliphatic carbocycles. The molecule has 0 amide bonds. The molecule has 3 rings (SSSR count). The zero-order valence-electron chi connectivity index (χ0n) is 13.4. The number of morpholine rings is 1. The first-order valence-electron chi connectivity index (χ1n) is 7.80. The summed E-state index contributed by atoms with van der Waals surface area (Å²) >= 11 is 0. The van der Waals surface area contributed by atoms with Crippen LogP contribution in [0.2, 0.25) is 0 Å². The molecule has 1 aliphatic rings. The predicted molar refractivity (Wildman–Crippen MR) is 103 cm³/mol.